The van der Waals surface area contributed by atoms with Crippen LogP contribution in [0.15, 0.2) is 46.2 Å². The number of benzene rings is 2. The Balaban J connectivity index is 2.44. The smallest absolute Gasteiger partial charge is 0.142 e. The van der Waals surface area contributed by atoms with Crippen LogP contribution >= 0.6 is 35.0 Å². The van der Waals surface area contributed by atoms with Gasteiger partial charge in [0.15, 0.2) is 0 Å². The second kappa shape index (κ2) is 5.62. The lowest BCUT2D eigenvalue weighted by atomic mass is 10.2. The second-order valence-electron chi connectivity index (χ2n) is 3.40. The van der Waals surface area contributed by atoms with E-state index >= 15 is 0 Å². The van der Waals surface area contributed by atoms with Crippen LogP contribution in [0.25, 0.3) is 0 Å². The van der Waals surface area contributed by atoms with Crippen molar-refractivity contribution in [2.24, 2.45) is 0 Å². The first kappa shape index (κ1) is 13.2. The molecule has 0 spiro atoms. The molecule has 2 rings (SSSR count). The minimum Gasteiger partial charge on any atom is -0.206 e. The normalized spacial score (nSPS) is 10.1. The molecule has 18 heavy (non-hydrogen) atoms. The zero-order chi connectivity index (χ0) is 13.1. The van der Waals surface area contributed by atoms with Crippen LogP contribution in [0.2, 0.25) is 10.0 Å². The van der Waals surface area contributed by atoms with Crippen molar-refractivity contribution in [3.8, 4) is 6.07 Å². The van der Waals surface area contributed by atoms with Gasteiger partial charge in [0.25, 0.3) is 0 Å². The topological polar surface area (TPSA) is 23.8 Å². The van der Waals surface area contributed by atoms with E-state index in [4.69, 9.17) is 28.5 Å². The summed E-state index contributed by atoms with van der Waals surface area (Å²) >= 11 is 13.1. The third-order valence-corrected chi connectivity index (χ3v) is 3.99. The largest absolute Gasteiger partial charge is 0.206 e. The number of nitriles is 1. The first-order chi connectivity index (χ1) is 8.61. The van der Waals surface area contributed by atoms with Crippen molar-refractivity contribution in [2.75, 3.05) is 0 Å². The molecule has 0 saturated heterocycles. The Morgan fingerprint density at radius 1 is 1.11 bits per heavy atom. The van der Waals surface area contributed by atoms with Crippen LogP contribution in [0, 0.1) is 17.1 Å². The molecule has 0 fully saturated rings. The molecule has 5 heteroatoms. The van der Waals surface area contributed by atoms with E-state index in [2.05, 4.69) is 0 Å². The quantitative estimate of drug-likeness (QED) is 0.765. The Hall–Kier alpha value is -1.21. The Bertz CT molecular complexity index is 637. The zero-order valence-electron chi connectivity index (χ0n) is 8.95. The maximum absolute atomic E-state index is 13.4. The number of halogens is 3. The van der Waals surface area contributed by atoms with E-state index in [0.717, 1.165) is 0 Å². The molecule has 90 valence electrons. The van der Waals surface area contributed by atoms with Crippen LogP contribution in [-0.2, 0) is 0 Å². The lowest BCUT2D eigenvalue weighted by molar-refractivity contribution is 0.620. The molecule has 0 aliphatic heterocycles. The molecule has 0 bridgehead atoms. The minimum atomic E-state index is -0.541. The fourth-order valence-corrected chi connectivity index (χ4v) is 2.82. The van der Waals surface area contributed by atoms with Gasteiger partial charge in [0.2, 0.25) is 0 Å². The van der Waals surface area contributed by atoms with Crippen molar-refractivity contribution >= 4 is 35.0 Å². The lowest BCUT2D eigenvalue weighted by Gasteiger charge is -2.06. The average Bonchev–Trinajstić information content (AvgIpc) is 2.34. The van der Waals surface area contributed by atoms with Gasteiger partial charge in [0.1, 0.15) is 17.4 Å². The van der Waals surface area contributed by atoms with Gasteiger partial charge in [-0.2, -0.15) is 5.26 Å². The van der Waals surface area contributed by atoms with Crippen molar-refractivity contribution in [1.29, 1.82) is 5.26 Å². The summed E-state index contributed by atoms with van der Waals surface area (Å²) in [6.07, 6.45) is 0. The Morgan fingerprint density at radius 3 is 2.61 bits per heavy atom. The van der Waals surface area contributed by atoms with Crippen molar-refractivity contribution < 1.29 is 4.39 Å². The summed E-state index contributed by atoms with van der Waals surface area (Å²) in [6, 6.07) is 11.3. The van der Waals surface area contributed by atoms with E-state index in [1.54, 1.807) is 30.3 Å². The molecule has 0 amide bonds. The standard InChI is InChI=1S/C13H6Cl2FNS/c14-8-4-5-10(15)13(6-8)18-12-3-1-2-11(16)9(12)7-17/h1-6H. The van der Waals surface area contributed by atoms with E-state index < -0.39 is 5.82 Å². The molecule has 0 atom stereocenters. The molecule has 0 aliphatic rings. The van der Waals surface area contributed by atoms with Crippen LogP contribution in [0.1, 0.15) is 5.56 Å². The van der Waals surface area contributed by atoms with Crippen molar-refractivity contribution in [3.63, 3.8) is 0 Å². The average molecular weight is 298 g/mol. The van der Waals surface area contributed by atoms with E-state index in [9.17, 15) is 4.39 Å². The minimum absolute atomic E-state index is 0.0125. The number of hydrogen-bond acceptors (Lipinski definition) is 2. The van der Waals surface area contributed by atoms with Crippen LogP contribution in [0.5, 0.6) is 0 Å². The monoisotopic (exact) mass is 297 g/mol. The van der Waals surface area contributed by atoms with Gasteiger partial charge in [0, 0.05) is 14.8 Å². The second-order valence-corrected chi connectivity index (χ2v) is 5.33. The van der Waals surface area contributed by atoms with Gasteiger partial charge in [0.05, 0.1) is 5.02 Å². The fourth-order valence-electron chi connectivity index (χ4n) is 1.37. The predicted octanol–water partition coefficient (Wildman–Crippen LogP) is 5.16. The van der Waals surface area contributed by atoms with Gasteiger partial charge in [-0.25, -0.2) is 4.39 Å². The third-order valence-electron chi connectivity index (χ3n) is 2.20. The van der Waals surface area contributed by atoms with Gasteiger partial charge in [-0.3, -0.25) is 0 Å². The highest BCUT2D eigenvalue weighted by atomic mass is 35.5. The Kier molecular flexibility index (Phi) is 4.13. The Labute approximate surface area is 118 Å². The highest BCUT2D eigenvalue weighted by Gasteiger charge is 2.11. The van der Waals surface area contributed by atoms with Crippen LogP contribution in [-0.4, -0.2) is 0 Å². The van der Waals surface area contributed by atoms with E-state index in [0.29, 0.717) is 19.8 Å². The third kappa shape index (κ3) is 2.78. The number of hydrogen-bond donors (Lipinski definition) is 0. The highest BCUT2D eigenvalue weighted by Crippen LogP contribution is 2.36. The molecule has 2 aromatic carbocycles. The maximum atomic E-state index is 13.4. The van der Waals surface area contributed by atoms with Gasteiger partial charge >= 0.3 is 0 Å². The first-order valence-electron chi connectivity index (χ1n) is 4.93. The predicted molar refractivity (Wildman–Crippen MR) is 71.7 cm³/mol. The van der Waals surface area contributed by atoms with E-state index in [1.165, 1.54) is 17.8 Å². The molecule has 2 aromatic rings. The molecular weight excluding hydrogens is 292 g/mol. The zero-order valence-corrected chi connectivity index (χ0v) is 11.3. The van der Waals surface area contributed by atoms with Crippen molar-refractivity contribution in [3.05, 3.63) is 57.8 Å². The molecule has 0 heterocycles. The fraction of sp³-hybridized carbons (Fsp3) is 0. The summed E-state index contributed by atoms with van der Waals surface area (Å²) in [7, 11) is 0. The number of nitrogens with zero attached hydrogens (tertiary/aromatic N) is 1. The summed E-state index contributed by atoms with van der Waals surface area (Å²) in [5.41, 5.74) is 0.0125. The van der Waals surface area contributed by atoms with Crippen LogP contribution in [0.3, 0.4) is 0 Å². The molecule has 0 unspecified atom stereocenters. The molecule has 0 N–H and O–H groups in total. The van der Waals surface area contributed by atoms with Gasteiger partial charge in [-0.05, 0) is 30.3 Å². The summed E-state index contributed by atoms with van der Waals surface area (Å²) in [4.78, 5) is 1.20. The molecule has 0 aliphatic carbocycles. The maximum Gasteiger partial charge on any atom is 0.142 e. The van der Waals surface area contributed by atoms with E-state index in [-0.39, 0.29) is 5.56 Å². The first-order valence-corrected chi connectivity index (χ1v) is 6.50. The molecule has 1 nitrogen and oxygen atoms in total. The molecule has 0 aromatic heterocycles. The summed E-state index contributed by atoms with van der Waals surface area (Å²) < 4.78 is 13.4. The molecular formula is C13H6Cl2FNS. The van der Waals surface area contributed by atoms with Crippen molar-refractivity contribution in [2.45, 2.75) is 9.79 Å². The Morgan fingerprint density at radius 2 is 1.89 bits per heavy atom. The van der Waals surface area contributed by atoms with E-state index in [1.807, 2.05) is 6.07 Å². The van der Waals surface area contributed by atoms with Crippen LogP contribution in [0.4, 0.5) is 4.39 Å². The highest BCUT2D eigenvalue weighted by molar-refractivity contribution is 7.99. The summed E-state index contributed by atoms with van der Waals surface area (Å²) in [6.45, 7) is 0. The summed E-state index contributed by atoms with van der Waals surface area (Å²) in [5.74, 6) is -0.541. The summed E-state index contributed by atoms with van der Waals surface area (Å²) in [5, 5.41) is 9.99. The SMILES string of the molecule is N#Cc1c(F)cccc1Sc1cc(Cl)ccc1Cl. The van der Waals surface area contributed by atoms with Gasteiger partial charge in [-0.1, -0.05) is 41.0 Å². The number of rotatable bonds is 2. The molecule has 0 radical (unpaired) electrons. The van der Waals surface area contributed by atoms with Gasteiger partial charge < -0.3 is 0 Å². The lowest BCUT2D eigenvalue weighted by Crippen LogP contribution is -1.87. The van der Waals surface area contributed by atoms with Crippen molar-refractivity contribution in [1.82, 2.24) is 0 Å². The van der Waals surface area contributed by atoms with Gasteiger partial charge in [-0.15, -0.1) is 0 Å². The molecule has 0 saturated carbocycles. The van der Waals surface area contributed by atoms with Crippen LogP contribution < -0.4 is 0 Å².